The van der Waals surface area contributed by atoms with Gasteiger partial charge in [0.05, 0.1) is 5.69 Å². The molecule has 3 rings (SSSR count). The Hall–Kier alpha value is -3.12. The number of aldehydes is 2. The number of amidine groups is 1. The van der Waals surface area contributed by atoms with E-state index < -0.39 is 0 Å². The van der Waals surface area contributed by atoms with Crippen LogP contribution in [0.5, 0.6) is 0 Å². The molecule has 0 aromatic heterocycles. The van der Waals surface area contributed by atoms with E-state index in [9.17, 15) is 9.59 Å². The first kappa shape index (κ1) is 22.6. The lowest BCUT2D eigenvalue weighted by Gasteiger charge is -2.13. The molecule has 0 unspecified atom stereocenters. The van der Waals surface area contributed by atoms with Gasteiger partial charge in [0.2, 0.25) is 0 Å². The van der Waals surface area contributed by atoms with Gasteiger partial charge in [0.1, 0.15) is 12.1 Å². The molecular formula is C25H27N3O2S. The number of hydrogen-bond donors (Lipinski definition) is 1. The van der Waals surface area contributed by atoms with Crippen molar-refractivity contribution >= 4 is 48.0 Å². The van der Waals surface area contributed by atoms with Gasteiger partial charge in [0, 0.05) is 42.5 Å². The summed E-state index contributed by atoms with van der Waals surface area (Å²) in [5.74, 6) is 2.59. The van der Waals surface area contributed by atoms with Crippen LogP contribution in [0, 0.1) is 0 Å². The van der Waals surface area contributed by atoms with Gasteiger partial charge in [-0.2, -0.15) is 11.8 Å². The summed E-state index contributed by atoms with van der Waals surface area (Å²) in [4.78, 5) is 29.4. The molecule has 0 radical (unpaired) electrons. The summed E-state index contributed by atoms with van der Waals surface area (Å²) >= 11 is 1.91. The fourth-order valence-electron chi connectivity index (χ4n) is 3.31. The predicted octanol–water partition coefficient (Wildman–Crippen LogP) is 4.80. The molecule has 0 amide bonds. The van der Waals surface area contributed by atoms with Crippen molar-refractivity contribution in [1.29, 1.82) is 0 Å². The predicted molar refractivity (Wildman–Crippen MR) is 132 cm³/mol. The van der Waals surface area contributed by atoms with Crippen LogP contribution in [0.3, 0.4) is 0 Å². The zero-order chi connectivity index (χ0) is 22.2. The summed E-state index contributed by atoms with van der Waals surface area (Å²) in [5, 5.41) is 0. The molecule has 0 atom stereocenters. The fourth-order valence-corrected chi connectivity index (χ4v) is 4.02. The highest BCUT2D eigenvalue weighted by Crippen LogP contribution is 2.32. The average molecular weight is 434 g/mol. The van der Waals surface area contributed by atoms with Crippen molar-refractivity contribution in [3.63, 3.8) is 0 Å². The summed E-state index contributed by atoms with van der Waals surface area (Å²) in [5.41, 5.74) is 11.6. The van der Waals surface area contributed by atoms with Crippen molar-refractivity contribution in [1.82, 2.24) is 4.90 Å². The molecule has 0 fully saturated rings. The van der Waals surface area contributed by atoms with Gasteiger partial charge < -0.3 is 10.6 Å². The largest absolute Gasteiger partial charge is 0.387 e. The van der Waals surface area contributed by atoms with Crippen molar-refractivity contribution in [2.24, 2.45) is 10.7 Å². The molecule has 160 valence electrons. The molecule has 1 aliphatic rings. The second kappa shape index (κ2) is 10.8. The molecule has 0 spiro atoms. The Labute approximate surface area is 187 Å². The van der Waals surface area contributed by atoms with Crippen LogP contribution < -0.4 is 5.73 Å². The van der Waals surface area contributed by atoms with Crippen molar-refractivity contribution in [2.45, 2.75) is 13.3 Å². The monoisotopic (exact) mass is 433 g/mol. The lowest BCUT2D eigenvalue weighted by Crippen LogP contribution is -2.14. The SMILES string of the molecule is CCSCCN(C)/C=C\c1cc(-c2ccc3c(c2)N=C(N)CC(C=O)=C3)ccc1C=O. The first-order valence-corrected chi connectivity index (χ1v) is 11.4. The van der Waals surface area contributed by atoms with Crippen molar-refractivity contribution < 1.29 is 9.59 Å². The molecule has 0 bridgehead atoms. The highest BCUT2D eigenvalue weighted by molar-refractivity contribution is 7.99. The van der Waals surface area contributed by atoms with E-state index >= 15 is 0 Å². The number of thioether (sulfide) groups is 1. The van der Waals surface area contributed by atoms with E-state index in [0.29, 0.717) is 23.4 Å². The maximum atomic E-state index is 11.5. The molecule has 2 aromatic rings. The second-order valence-electron chi connectivity index (χ2n) is 7.35. The van der Waals surface area contributed by atoms with Crippen molar-refractivity contribution in [3.8, 4) is 11.1 Å². The van der Waals surface area contributed by atoms with E-state index in [2.05, 4.69) is 16.8 Å². The van der Waals surface area contributed by atoms with Crippen LogP contribution in [0.2, 0.25) is 0 Å². The quantitative estimate of drug-likeness (QED) is 0.454. The first-order chi connectivity index (χ1) is 15.0. The number of carbonyl (C=O) groups excluding carboxylic acids is 2. The Balaban J connectivity index is 1.91. The third-order valence-corrected chi connectivity index (χ3v) is 5.90. The third-order valence-electron chi connectivity index (χ3n) is 5.02. The number of hydrogen-bond acceptors (Lipinski definition) is 6. The number of nitrogens with two attached hydrogens (primary N) is 1. The van der Waals surface area contributed by atoms with Gasteiger partial charge in [-0.1, -0.05) is 31.2 Å². The number of rotatable bonds is 9. The van der Waals surface area contributed by atoms with E-state index in [1.807, 2.05) is 73.6 Å². The third kappa shape index (κ3) is 5.95. The Morgan fingerprint density at radius 2 is 1.87 bits per heavy atom. The highest BCUT2D eigenvalue weighted by atomic mass is 32.2. The van der Waals surface area contributed by atoms with Gasteiger partial charge in [-0.15, -0.1) is 0 Å². The molecule has 6 heteroatoms. The van der Waals surface area contributed by atoms with Crippen LogP contribution in [0.15, 0.2) is 53.2 Å². The smallest absolute Gasteiger partial charge is 0.150 e. The van der Waals surface area contributed by atoms with Crippen molar-refractivity contribution in [2.75, 3.05) is 25.1 Å². The summed E-state index contributed by atoms with van der Waals surface area (Å²) in [7, 11) is 2.03. The number of aliphatic imine (C=N–C) groups is 1. The lowest BCUT2D eigenvalue weighted by atomic mass is 9.97. The summed E-state index contributed by atoms with van der Waals surface area (Å²) in [6.07, 6.45) is 7.86. The molecule has 0 saturated heterocycles. The Morgan fingerprint density at radius 3 is 2.61 bits per heavy atom. The molecule has 31 heavy (non-hydrogen) atoms. The zero-order valence-corrected chi connectivity index (χ0v) is 18.7. The number of benzene rings is 2. The number of nitrogens with zero attached hydrogens (tertiary/aromatic N) is 2. The van der Waals surface area contributed by atoms with E-state index in [1.165, 1.54) is 0 Å². The molecule has 2 aromatic carbocycles. The average Bonchev–Trinajstić information content (AvgIpc) is 2.94. The normalized spacial score (nSPS) is 13.2. The van der Waals surface area contributed by atoms with Crippen molar-refractivity contribution in [3.05, 3.63) is 64.9 Å². The Kier molecular flexibility index (Phi) is 7.84. The number of carbonyl (C=O) groups is 2. The van der Waals surface area contributed by atoms with Gasteiger partial charge in [-0.25, -0.2) is 4.99 Å². The number of fused-ring (bicyclic) bond motifs is 1. The van der Waals surface area contributed by atoms with E-state index in [4.69, 9.17) is 5.73 Å². The van der Waals surface area contributed by atoms with Crippen LogP contribution in [0.25, 0.3) is 23.3 Å². The van der Waals surface area contributed by atoms with Gasteiger partial charge in [-0.3, -0.25) is 9.59 Å². The van der Waals surface area contributed by atoms with Crippen LogP contribution in [0.1, 0.15) is 34.8 Å². The zero-order valence-electron chi connectivity index (χ0n) is 17.9. The molecular weight excluding hydrogens is 406 g/mol. The minimum absolute atomic E-state index is 0.348. The van der Waals surface area contributed by atoms with Gasteiger partial charge in [0.15, 0.2) is 6.29 Å². The summed E-state index contributed by atoms with van der Waals surface area (Å²) in [6.45, 7) is 3.10. The molecule has 0 saturated carbocycles. The maximum Gasteiger partial charge on any atom is 0.150 e. The minimum atomic E-state index is 0.348. The van der Waals surface area contributed by atoms with E-state index in [1.54, 1.807) is 0 Å². The van der Waals surface area contributed by atoms with Gasteiger partial charge >= 0.3 is 0 Å². The topological polar surface area (TPSA) is 75.8 Å². The van der Waals surface area contributed by atoms with E-state index in [-0.39, 0.29) is 0 Å². The van der Waals surface area contributed by atoms with Crippen LogP contribution >= 0.6 is 11.8 Å². The maximum absolute atomic E-state index is 11.5. The summed E-state index contributed by atoms with van der Waals surface area (Å²) < 4.78 is 0. The Bertz CT molecular complexity index is 1060. The molecule has 0 aliphatic carbocycles. The summed E-state index contributed by atoms with van der Waals surface area (Å²) in [6, 6.07) is 11.7. The first-order valence-electron chi connectivity index (χ1n) is 10.2. The molecule has 2 N–H and O–H groups in total. The second-order valence-corrected chi connectivity index (χ2v) is 8.74. The van der Waals surface area contributed by atoms with E-state index in [0.717, 1.165) is 58.6 Å². The standard InChI is InChI=1S/C25H27N3O2S/c1-3-31-11-10-28(2)9-8-21-14-19(5-7-23(21)17-30)20-4-6-22-12-18(16-29)13-25(26)27-24(22)15-20/h4-9,12,14-17H,3,10-11,13H2,1-2H3,(H2,26,27)/b9-8-. The van der Waals surface area contributed by atoms with Crippen LogP contribution in [0.4, 0.5) is 5.69 Å². The van der Waals surface area contributed by atoms with Crippen LogP contribution in [-0.4, -0.2) is 48.4 Å². The Morgan fingerprint density at radius 1 is 1.10 bits per heavy atom. The molecule has 1 heterocycles. The van der Waals surface area contributed by atoms with Crippen LogP contribution in [-0.2, 0) is 4.79 Å². The van der Waals surface area contributed by atoms with Gasteiger partial charge in [-0.05, 0) is 52.9 Å². The van der Waals surface area contributed by atoms with Gasteiger partial charge in [0.25, 0.3) is 0 Å². The molecule has 5 nitrogen and oxygen atoms in total. The highest BCUT2D eigenvalue weighted by Gasteiger charge is 2.11. The lowest BCUT2D eigenvalue weighted by molar-refractivity contribution is -0.104. The minimum Gasteiger partial charge on any atom is -0.387 e. The molecule has 1 aliphatic heterocycles. The fraction of sp³-hybridized carbons (Fsp3) is 0.240.